The molecule has 1 aromatic rings. The zero-order valence-electron chi connectivity index (χ0n) is 12.3. The van der Waals surface area contributed by atoms with Crippen LogP contribution in [0.15, 0.2) is 24.3 Å². The van der Waals surface area contributed by atoms with Crippen LogP contribution in [-0.2, 0) is 16.1 Å². The van der Waals surface area contributed by atoms with Gasteiger partial charge in [-0.1, -0.05) is 31.2 Å². The standard InChI is InChI=1S/C16H22N2O3/c1-11(6-7-15(19)20)8-18-16(21)14-10-17-9-12-4-2-3-5-13(12)14/h2-5,11,14,17H,6-10H2,1H3,(H,18,21)(H,19,20). The Bertz CT molecular complexity index is 516. The second-order valence-corrected chi connectivity index (χ2v) is 5.67. The Balaban J connectivity index is 1.88. The molecule has 1 heterocycles. The van der Waals surface area contributed by atoms with Crippen LogP contribution in [0.4, 0.5) is 0 Å². The molecule has 2 atom stereocenters. The van der Waals surface area contributed by atoms with Crippen LogP contribution in [0.3, 0.4) is 0 Å². The minimum atomic E-state index is -0.793. The van der Waals surface area contributed by atoms with Gasteiger partial charge in [0.2, 0.25) is 5.91 Å². The molecule has 1 aromatic carbocycles. The predicted molar refractivity (Wildman–Crippen MR) is 79.9 cm³/mol. The Kier molecular flexibility index (Phi) is 5.33. The highest BCUT2D eigenvalue weighted by molar-refractivity contribution is 5.84. The maximum absolute atomic E-state index is 12.3. The van der Waals surface area contributed by atoms with Crippen molar-refractivity contribution >= 4 is 11.9 Å². The lowest BCUT2D eigenvalue weighted by molar-refractivity contribution is -0.137. The molecule has 5 nitrogen and oxygen atoms in total. The van der Waals surface area contributed by atoms with Gasteiger partial charge in [0, 0.05) is 26.1 Å². The summed E-state index contributed by atoms with van der Waals surface area (Å²) >= 11 is 0. The molecule has 0 aromatic heterocycles. The molecule has 0 spiro atoms. The minimum absolute atomic E-state index is 0.0109. The lowest BCUT2D eigenvalue weighted by Crippen LogP contribution is -2.40. The summed E-state index contributed by atoms with van der Waals surface area (Å²) in [5.41, 5.74) is 2.26. The summed E-state index contributed by atoms with van der Waals surface area (Å²) in [6.07, 6.45) is 0.722. The molecule has 0 saturated carbocycles. The van der Waals surface area contributed by atoms with E-state index in [0.717, 1.165) is 12.1 Å². The van der Waals surface area contributed by atoms with Crippen LogP contribution in [0, 0.1) is 5.92 Å². The number of carboxylic acid groups (broad SMARTS) is 1. The van der Waals surface area contributed by atoms with E-state index in [1.807, 2.05) is 31.2 Å². The zero-order valence-corrected chi connectivity index (χ0v) is 12.3. The van der Waals surface area contributed by atoms with Crippen molar-refractivity contribution in [2.75, 3.05) is 13.1 Å². The van der Waals surface area contributed by atoms with Crippen LogP contribution >= 0.6 is 0 Å². The quantitative estimate of drug-likeness (QED) is 0.742. The van der Waals surface area contributed by atoms with Gasteiger partial charge < -0.3 is 15.7 Å². The largest absolute Gasteiger partial charge is 0.481 e. The van der Waals surface area contributed by atoms with Gasteiger partial charge in [0.05, 0.1) is 5.92 Å². The van der Waals surface area contributed by atoms with Gasteiger partial charge in [0.25, 0.3) is 0 Å². The average molecular weight is 290 g/mol. The zero-order chi connectivity index (χ0) is 15.2. The Morgan fingerprint density at radius 2 is 2.19 bits per heavy atom. The highest BCUT2D eigenvalue weighted by Gasteiger charge is 2.25. The highest BCUT2D eigenvalue weighted by atomic mass is 16.4. The fourth-order valence-electron chi connectivity index (χ4n) is 2.60. The second-order valence-electron chi connectivity index (χ2n) is 5.67. The van der Waals surface area contributed by atoms with E-state index in [9.17, 15) is 9.59 Å². The number of fused-ring (bicyclic) bond motifs is 1. The van der Waals surface area contributed by atoms with Crippen LogP contribution in [-0.4, -0.2) is 30.1 Å². The molecule has 21 heavy (non-hydrogen) atoms. The van der Waals surface area contributed by atoms with E-state index in [-0.39, 0.29) is 24.2 Å². The summed E-state index contributed by atoms with van der Waals surface area (Å²) < 4.78 is 0. The summed E-state index contributed by atoms with van der Waals surface area (Å²) in [6, 6.07) is 7.99. The van der Waals surface area contributed by atoms with E-state index in [0.29, 0.717) is 19.5 Å². The lowest BCUT2D eigenvalue weighted by Gasteiger charge is -2.26. The van der Waals surface area contributed by atoms with E-state index in [2.05, 4.69) is 10.6 Å². The smallest absolute Gasteiger partial charge is 0.303 e. The monoisotopic (exact) mass is 290 g/mol. The maximum atomic E-state index is 12.3. The number of carbonyl (C=O) groups excluding carboxylic acids is 1. The Labute approximate surface area is 124 Å². The lowest BCUT2D eigenvalue weighted by atomic mass is 9.90. The summed E-state index contributed by atoms with van der Waals surface area (Å²) in [5.74, 6) is -0.783. The molecule has 1 amide bonds. The van der Waals surface area contributed by atoms with Crippen LogP contribution in [0.1, 0.15) is 36.8 Å². The van der Waals surface area contributed by atoms with Gasteiger partial charge >= 0.3 is 5.97 Å². The summed E-state index contributed by atoms with van der Waals surface area (Å²) in [7, 11) is 0. The van der Waals surface area contributed by atoms with Crippen LogP contribution < -0.4 is 10.6 Å². The normalized spacial score (nSPS) is 18.6. The first kappa shape index (κ1) is 15.5. The van der Waals surface area contributed by atoms with Crippen LogP contribution in [0.5, 0.6) is 0 Å². The number of rotatable bonds is 6. The van der Waals surface area contributed by atoms with Gasteiger partial charge in [0.1, 0.15) is 0 Å². The first-order chi connectivity index (χ1) is 10.1. The third-order valence-electron chi connectivity index (χ3n) is 3.89. The molecule has 2 rings (SSSR count). The van der Waals surface area contributed by atoms with Crippen LogP contribution in [0.25, 0.3) is 0 Å². The molecule has 5 heteroatoms. The number of amides is 1. The number of aliphatic carboxylic acids is 1. The molecule has 2 unspecified atom stereocenters. The molecule has 0 bridgehead atoms. The first-order valence-electron chi connectivity index (χ1n) is 7.36. The molecule has 3 N–H and O–H groups in total. The van der Waals surface area contributed by atoms with Gasteiger partial charge in [-0.15, -0.1) is 0 Å². The van der Waals surface area contributed by atoms with Crippen molar-refractivity contribution in [3.05, 3.63) is 35.4 Å². The number of hydrogen-bond acceptors (Lipinski definition) is 3. The second kappa shape index (κ2) is 7.22. The number of benzene rings is 1. The fraction of sp³-hybridized carbons (Fsp3) is 0.500. The fourth-order valence-corrected chi connectivity index (χ4v) is 2.60. The average Bonchev–Trinajstić information content (AvgIpc) is 2.50. The van der Waals surface area contributed by atoms with Gasteiger partial charge in [-0.2, -0.15) is 0 Å². The SMILES string of the molecule is CC(CCC(=O)O)CNC(=O)C1CNCc2ccccc21. The maximum Gasteiger partial charge on any atom is 0.303 e. The van der Waals surface area contributed by atoms with E-state index >= 15 is 0 Å². The van der Waals surface area contributed by atoms with Gasteiger partial charge in [0.15, 0.2) is 0 Å². The molecular weight excluding hydrogens is 268 g/mol. The summed E-state index contributed by atoms with van der Waals surface area (Å²) in [4.78, 5) is 22.9. The molecule has 1 aliphatic rings. The van der Waals surface area contributed by atoms with Crippen molar-refractivity contribution in [1.82, 2.24) is 10.6 Å². The molecule has 0 saturated heterocycles. The minimum Gasteiger partial charge on any atom is -0.481 e. The van der Waals surface area contributed by atoms with Gasteiger partial charge in [-0.05, 0) is 23.5 Å². The van der Waals surface area contributed by atoms with Crippen LogP contribution in [0.2, 0.25) is 0 Å². The van der Waals surface area contributed by atoms with Gasteiger partial charge in [-0.25, -0.2) is 0 Å². The third kappa shape index (κ3) is 4.29. The van der Waals surface area contributed by atoms with E-state index in [4.69, 9.17) is 5.11 Å². The van der Waals surface area contributed by atoms with Crippen molar-refractivity contribution in [1.29, 1.82) is 0 Å². The summed E-state index contributed by atoms with van der Waals surface area (Å²) in [5, 5.41) is 14.9. The number of carbonyl (C=O) groups is 2. The van der Waals surface area contributed by atoms with Crippen molar-refractivity contribution < 1.29 is 14.7 Å². The topological polar surface area (TPSA) is 78.4 Å². The number of nitrogens with one attached hydrogen (secondary N) is 2. The Morgan fingerprint density at radius 1 is 1.43 bits per heavy atom. The number of hydrogen-bond donors (Lipinski definition) is 3. The molecular formula is C16H22N2O3. The Hall–Kier alpha value is -1.88. The van der Waals surface area contributed by atoms with Crippen molar-refractivity contribution in [2.45, 2.75) is 32.2 Å². The molecule has 0 fully saturated rings. The van der Waals surface area contributed by atoms with E-state index < -0.39 is 5.97 Å². The summed E-state index contributed by atoms with van der Waals surface area (Å²) in [6.45, 7) is 3.92. The molecule has 0 radical (unpaired) electrons. The Morgan fingerprint density at radius 3 is 2.95 bits per heavy atom. The van der Waals surface area contributed by atoms with Gasteiger partial charge in [-0.3, -0.25) is 9.59 Å². The first-order valence-corrected chi connectivity index (χ1v) is 7.36. The van der Waals surface area contributed by atoms with Crippen molar-refractivity contribution in [3.63, 3.8) is 0 Å². The van der Waals surface area contributed by atoms with Crippen molar-refractivity contribution in [3.8, 4) is 0 Å². The third-order valence-corrected chi connectivity index (χ3v) is 3.89. The highest BCUT2D eigenvalue weighted by Crippen LogP contribution is 2.23. The molecule has 1 aliphatic heterocycles. The van der Waals surface area contributed by atoms with Crippen molar-refractivity contribution in [2.24, 2.45) is 5.92 Å². The van der Waals surface area contributed by atoms with E-state index in [1.165, 1.54) is 5.56 Å². The predicted octanol–water partition coefficient (Wildman–Crippen LogP) is 1.49. The van der Waals surface area contributed by atoms with E-state index in [1.54, 1.807) is 0 Å². The molecule has 114 valence electrons. The number of carboxylic acids is 1. The molecule has 0 aliphatic carbocycles.